The summed E-state index contributed by atoms with van der Waals surface area (Å²) in [7, 11) is 0. The molecule has 0 aromatic heterocycles. The number of ether oxygens (including phenoxy) is 1. The molecule has 4 atom stereocenters. The number of rotatable bonds is 5. The molecule has 2 bridgehead atoms. The van der Waals surface area contributed by atoms with Crippen molar-refractivity contribution < 1.29 is 37.4 Å². The zero-order chi connectivity index (χ0) is 24.9. The second-order valence-electron chi connectivity index (χ2n) is 9.17. The summed E-state index contributed by atoms with van der Waals surface area (Å²) in [6, 6.07) is 10.9. The molecule has 2 aromatic rings. The van der Waals surface area contributed by atoms with Crippen molar-refractivity contribution in [2.45, 2.75) is 49.5 Å². The van der Waals surface area contributed by atoms with Crippen molar-refractivity contribution >= 4 is 18.0 Å². The summed E-state index contributed by atoms with van der Waals surface area (Å²) >= 11 is 0. The summed E-state index contributed by atoms with van der Waals surface area (Å²) < 4.78 is 46.6. The first-order valence-corrected chi connectivity index (χ1v) is 11.4. The van der Waals surface area contributed by atoms with E-state index in [2.05, 4.69) is 0 Å². The van der Waals surface area contributed by atoms with Crippen LogP contribution in [0.5, 0.6) is 0 Å². The van der Waals surface area contributed by atoms with Crippen LogP contribution in [-0.2, 0) is 14.3 Å². The summed E-state index contributed by atoms with van der Waals surface area (Å²) in [4.78, 5) is 37.8. The van der Waals surface area contributed by atoms with E-state index in [9.17, 15) is 32.7 Å². The van der Waals surface area contributed by atoms with Gasteiger partial charge in [-0.2, -0.15) is 13.2 Å². The van der Waals surface area contributed by atoms with Gasteiger partial charge in [0.05, 0.1) is 5.92 Å². The van der Waals surface area contributed by atoms with Crippen LogP contribution in [0, 0.1) is 5.92 Å². The highest BCUT2D eigenvalue weighted by Crippen LogP contribution is 2.45. The van der Waals surface area contributed by atoms with Crippen molar-refractivity contribution in [1.82, 2.24) is 10.2 Å². The van der Waals surface area contributed by atoms with Crippen LogP contribution in [0.2, 0.25) is 0 Å². The number of nitrogens with one attached hydrogen (secondary N) is 1. The van der Waals surface area contributed by atoms with E-state index in [4.69, 9.17) is 4.74 Å². The molecule has 2 aliphatic heterocycles. The SMILES string of the molecule is O=C(NC(C(=O)N1C2CCC1C(C(=O)O)C2)C(F)(F)F)OCC1c2ccccc2-c2ccccc21. The summed E-state index contributed by atoms with van der Waals surface area (Å²) in [5.41, 5.74) is 3.74. The molecule has 10 heteroatoms. The number of hydrogen-bond donors (Lipinski definition) is 2. The topological polar surface area (TPSA) is 95.9 Å². The van der Waals surface area contributed by atoms with E-state index in [0.29, 0.717) is 12.8 Å². The highest BCUT2D eigenvalue weighted by atomic mass is 19.4. The Morgan fingerprint density at radius 1 is 1.03 bits per heavy atom. The van der Waals surface area contributed by atoms with Crippen molar-refractivity contribution in [3.05, 3.63) is 59.7 Å². The minimum Gasteiger partial charge on any atom is -0.481 e. The average Bonchev–Trinajstić information content (AvgIpc) is 3.50. The van der Waals surface area contributed by atoms with E-state index in [1.807, 2.05) is 48.5 Å². The number of alkyl halides is 3. The largest absolute Gasteiger partial charge is 0.481 e. The van der Waals surface area contributed by atoms with E-state index in [0.717, 1.165) is 27.2 Å². The van der Waals surface area contributed by atoms with E-state index in [1.165, 1.54) is 0 Å². The van der Waals surface area contributed by atoms with Crippen LogP contribution in [0.25, 0.3) is 11.1 Å². The lowest BCUT2D eigenvalue weighted by atomic mass is 9.89. The summed E-state index contributed by atoms with van der Waals surface area (Å²) in [5.74, 6) is -3.73. The number of aliphatic carboxylic acids is 1. The fraction of sp³-hybridized carbons (Fsp3) is 0.400. The van der Waals surface area contributed by atoms with Crippen LogP contribution in [0.4, 0.5) is 18.0 Å². The number of halogens is 3. The van der Waals surface area contributed by atoms with Crippen molar-refractivity contribution in [2.75, 3.05) is 6.61 Å². The Kier molecular flexibility index (Phi) is 5.69. The smallest absolute Gasteiger partial charge is 0.417 e. The second-order valence-corrected chi connectivity index (χ2v) is 9.17. The normalized spacial score (nSPS) is 23.5. The number of hydrogen-bond acceptors (Lipinski definition) is 4. The van der Waals surface area contributed by atoms with Crippen molar-refractivity contribution in [1.29, 1.82) is 0 Å². The first kappa shape index (κ1) is 23.2. The number of benzene rings is 2. The van der Waals surface area contributed by atoms with Gasteiger partial charge in [-0.15, -0.1) is 0 Å². The van der Waals surface area contributed by atoms with Gasteiger partial charge in [0.2, 0.25) is 6.04 Å². The number of nitrogens with zero attached hydrogens (tertiary/aromatic N) is 1. The van der Waals surface area contributed by atoms with Crippen LogP contribution < -0.4 is 5.32 Å². The maximum absolute atomic E-state index is 13.8. The molecule has 2 aromatic carbocycles. The third kappa shape index (κ3) is 4.00. The molecule has 2 heterocycles. The number of carboxylic acids is 1. The van der Waals surface area contributed by atoms with Crippen LogP contribution in [0.3, 0.4) is 0 Å². The minimum atomic E-state index is -5.07. The average molecular weight is 488 g/mol. The van der Waals surface area contributed by atoms with Gasteiger partial charge in [-0.25, -0.2) is 4.79 Å². The predicted octanol–water partition coefficient (Wildman–Crippen LogP) is 3.92. The lowest BCUT2D eigenvalue weighted by Gasteiger charge is -2.29. The number of fused-ring (bicyclic) bond motifs is 5. The number of amides is 2. The molecule has 0 spiro atoms. The molecule has 35 heavy (non-hydrogen) atoms. The zero-order valence-electron chi connectivity index (χ0n) is 18.5. The van der Waals surface area contributed by atoms with Crippen molar-refractivity contribution in [2.24, 2.45) is 5.92 Å². The van der Waals surface area contributed by atoms with Gasteiger partial charge < -0.3 is 20.1 Å². The quantitative estimate of drug-likeness (QED) is 0.665. The lowest BCUT2D eigenvalue weighted by Crippen LogP contribution is -2.57. The Bertz CT molecular complexity index is 1140. The van der Waals surface area contributed by atoms with Crippen LogP contribution in [0.1, 0.15) is 36.3 Å². The van der Waals surface area contributed by atoms with Gasteiger partial charge in [0.25, 0.3) is 5.91 Å². The van der Waals surface area contributed by atoms with Crippen LogP contribution in [-0.4, -0.2) is 58.9 Å². The molecule has 2 N–H and O–H groups in total. The molecular formula is C25H23F3N2O5. The molecular weight excluding hydrogens is 465 g/mol. The number of carbonyl (C=O) groups is 3. The fourth-order valence-corrected chi connectivity index (χ4v) is 5.79. The monoisotopic (exact) mass is 488 g/mol. The van der Waals surface area contributed by atoms with E-state index in [1.54, 1.807) is 5.32 Å². The Labute approximate surface area is 198 Å². The summed E-state index contributed by atoms with van der Waals surface area (Å²) in [5, 5.41) is 11.0. The lowest BCUT2D eigenvalue weighted by molar-refractivity contribution is -0.175. The Morgan fingerprint density at radius 3 is 2.17 bits per heavy atom. The van der Waals surface area contributed by atoms with Crippen molar-refractivity contribution in [3.8, 4) is 11.1 Å². The van der Waals surface area contributed by atoms with Gasteiger partial charge in [-0.1, -0.05) is 48.5 Å². The maximum atomic E-state index is 13.8. The van der Waals surface area contributed by atoms with E-state index >= 15 is 0 Å². The molecule has 4 unspecified atom stereocenters. The van der Waals surface area contributed by atoms with Gasteiger partial charge in [0, 0.05) is 18.0 Å². The Hall–Kier alpha value is -3.56. The van der Waals surface area contributed by atoms with E-state index in [-0.39, 0.29) is 18.9 Å². The molecule has 2 fully saturated rings. The summed E-state index contributed by atoms with van der Waals surface area (Å²) in [6.45, 7) is -0.200. The molecule has 184 valence electrons. The highest BCUT2D eigenvalue weighted by molar-refractivity contribution is 5.88. The maximum Gasteiger partial charge on any atom is 0.417 e. The molecule has 5 rings (SSSR count). The predicted molar refractivity (Wildman–Crippen MR) is 117 cm³/mol. The molecule has 2 amide bonds. The van der Waals surface area contributed by atoms with Gasteiger partial charge in [0.15, 0.2) is 0 Å². The standard InChI is InChI=1S/C25H23F3N2O5/c26-25(27,28)21(22(31)30-13-9-10-20(30)18(11-13)23(32)33)29-24(34)35-12-19-16-7-3-1-5-14(16)15-6-2-4-8-17(15)19/h1-8,13,18-21H,9-12H2,(H,29,34)(H,32,33). The van der Waals surface area contributed by atoms with Crippen LogP contribution in [0.15, 0.2) is 48.5 Å². The number of alkyl carbamates (subject to hydrolysis) is 1. The van der Waals surface area contributed by atoms with Gasteiger partial charge in [0.1, 0.15) is 6.61 Å². The Balaban J connectivity index is 1.29. The third-order valence-electron chi connectivity index (χ3n) is 7.29. The molecule has 3 aliphatic rings. The molecule has 1 aliphatic carbocycles. The molecule has 2 saturated heterocycles. The first-order valence-electron chi connectivity index (χ1n) is 11.4. The van der Waals surface area contributed by atoms with Gasteiger partial charge in [-0.05, 0) is 41.5 Å². The zero-order valence-corrected chi connectivity index (χ0v) is 18.5. The highest BCUT2D eigenvalue weighted by Gasteiger charge is 2.57. The molecule has 0 radical (unpaired) electrons. The van der Waals surface area contributed by atoms with Crippen LogP contribution >= 0.6 is 0 Å². The molecule has 0 saturated carbocycles. The van der Waals surface area contributed by atoms with E-state index < -0.39 is 48.2 Å². The van der Waals surface area contributed by atoms with Gasteiger partial charge in [-0.3, -0.25) is 9.59 Å². The number of carboxylic acid groups (broad SMARTS) is 1. The second kappa shape index (κ2) is 8.58. The fourth-order valence-electron chi connectivity index (χ4n) is 5.79. The minimum absolute atomic E-state index is 0.112. The third-order valence-corrected chi connectivity index (χ3v) is 7.29. The Morgan fingerprint density at radius 2 is 1.63 bits per heavy atom. The van der Waals surface area contributed by atoms with Gasteiger partial charge >= 0.3 is 18.2 Å². The molecule has 7 nitrogen and oxygen atoms in total. The van der Waals surface area contributed by atoms with Crippen molar-refractivity contribution in [3.63, 3.8) is 0 Å². The summed E-state index contributed by atoms with van der Waals surface area (Å²) in [6.07, 6.45) is -5.55. The first-order chi connectivity index (χ1) is 16.7. The number of carbonyl (C=O) groups excluding carboxylic acids is 2.